The van der Waals surface area contributed by atoms with E-state index in [2.05, 4.69) is 26.1 Å². The molecule has 0 aliphatic carbocycles. The summed E-state index contributed by atoms with van der Waals surface area (Å²) in [6.45, 7) is 8.60. The van der Waals surface area contributed by atoms with Gasteiger partial charge in [0.05, 0.1) is 33.0 Å². The number of carbonyl (C=O) groups excluding carboxylic acids is 2. The summed E-state index contributed by atoms with van der Waals surface area (Å²) in [4.78, 5) is 26.2. The molecular weight excluding hydrogens is 986 g/mol. The van der Waals surface area contributed by atoms with Gasteiger partial charge in [-0.1, -0.05) is 172 Å². The van der Waals surface area contributed by atoms with Crippen molar-refractivity contribution in [3.63, 3.8) is 0 Å². The molecule has 0 radical (unpaired) electrons. The third kappa shape index (κ3) is 15.5. The molecule has 10 atom stereocenters. The van der Waals surface area contributed by atoms with Crippen molar-refractivity contribution in [2.24, 2.45) is 0 Å². The van der Waals surface area contributed by atoms with Crippen molar-refractivity contribution in [2.45, 2.75) is 121 Å². The molecule has 73 heavy (non-hydrogen) atoms. The van der Waals surface area contributed by atoms with Crippen molar-refractivity contribution in [1.82, 2.24) is 5.32 Å². The van der Waals surface area contributed by atoms with E-state index in [-0.39, 0.29) is 62.6 Å². The molecule has 2 aliphatic rings. The summed E-state index contributed by atoms with van der Waals surface area (Å²) >= 11 is 0. The van der Waals surface area contributed by atoms with Crippen LogP contribution in [0.3, 0.4) is 0 Å². The van der Waals surface area contributed by atoms with Gasteiger partial charge in [0.15, 0.2) is 18.7 Å². The molecule has 2 heterocycles. The Labute approximate surface area is 451 Å². The van der Waals surface area contributed by atoms with Gasteiger partial charge in [-0.2, -0.15) is 0 Å². The number of benzene rings is 5. The van der Waals surface area contributed by atoms with E-state index in [0.29, 0.717) is 0 Å². The molecule has 1 N–H and O–H groups in total. The van der Waals surface area contributed by atoms with Gasteiger partial charge in [0.2, 0.25) is 16.3 Å². The predicted octanol–water partition coefficient (Wildman–Crippen LogP) is 2.72. The zero-order valence-electron chi connectivity index (χ0n) is 42.3. The summed E-state index contributed by atoms with van der Waals surface area (Å²) in [6, 6.07) is 46.5. The summed E-state index contributed by atoms with van der Waals surface area (Å²) in [7, 11) is -7.63. The van der Waals surface area contributed by atoms with Gasteiger partial charge in [-0.3, -0.25) is 13.8 Å². The van der Waals surface area contributed by atoms with Crippen LogP contribution in [0.25, 0.3) is 0 Å². The minimum absolute atomic E-state index is 0. The van der Waals surface area contributed by atoms with Crippen LogP contribution in [0, 0.1) is 0 Å². The minimum Gasteiger partial charge on any atom is -0.726 e. The number of methoxy groups -OCH3 is 1. The van der Waals surface area contributed by atoms with E-state index in [0.717, 1.165) is 27.1 Å². The molecule has 16 nitrogen and oxygen atoms in total. The Morgan fingerprint density at radius 3 is 1.52 bits per heavy atom. The summed E-state index contributed by atoms with van der Waals surface area (Å²) in [5, 5.41) is 3.97. The van der Waals surface area contributed by atoms with Gasteiger partial charge in [0, 0.05) is 21.0 Å². The number of nitrogens with one attached hydrogen (secondary N) is 1. The zero-order valence-corrected chi connectivity index (χ0v) is 46.1. The average Bonchev–Trinajstić information content (AvgIpc) is 3.36. The number of amides is 1. The monoisotopic (exact) mass is 1050 g/mol. The van der Waals surface area contributed by atoms with E-state index in [1.54, 1.807) is 0 Å². The Hall–Kier alpha value is -4.19. The second kappa shape index (κ2) is 27.0. The van der Waals surface area contributed by atoms with Crippen LogP contribution in [0.5, 0.6) is 0 Å². The van der Waals surface area contributed by atoms with Crippen LogP contribution in [0.2, 0.25) is 5.04 Å². The van der Waals surface area contributed by atoms with Crippen molar-refractivity contribution in [2.75, 3.05) is 20.3 Å². The number of esters is 1. The Bertz CT molecular complexity index is 2530. The van der Waals surface area contributed by atoms with Gasteiger partial charge in [0.1, 0.15) is 42.7 Å². The second-order valence-corrected chi connectivity index (χ2v) is 24.0. The Kier molecular flexibility index (Phi) is 21.5. The molecule has 1 amide bonds. The summed E-state index contributed by atoms with van der Waals surface area (Å²) < 4.78 is 103. The smallest absolute Gasteiger partial charge is 0.726 e. The molecule has 0 spiro atoms. The summed E-state index contributed by atoms with van der Waals surface area (Å²) in [5.74, 6) is -1.36. The Morgan fingerprint density at radius 1 is 0.616 bits per heavy atom. The zero-order chi connectivity index (χ0) is 51.3. The third-order valence-electron chi connectivity index (χ3n) is 12.5. The van der Waals surface area contributed by atoms with Crippen LogP contribution in [0.1, 0.15) is 51.3 Å². The predicted molar refractivity (Wildman–Crippen MR) is 267 cm³/mol. The van der Waals surface area contributed by atoms with Crippen LogP contribution in [-0.4, -0.2) is 115 Å². The molecule has 2 aliphatic heterocycles. The number of hydrogen-bond acceptors (Lipinski definition) is 15. The maximum Gasteiger partial charge on any atom is 1.00 e. The second-order valence-electron chi connectivity index (χ2n) is 18.7. The molecule has 0 aromatic heterocycles. The first-order valence-electron chi connectivity index (χ1n) is 23.8. The van der Waals surface area contributed by atoms with Crippen LogP contribution in [-0.2, 0) is 86.3 Å². The number of hydrogen-bond donors (Lipinski definition) is 1. The molecule has 19 heteroatoms. The van der Waals surface area contributed by atoms with Crippen LogP contribution in [0.4, 0.5) is 0 Å². The molecule has 386 valence electrons. The van der Waals surface area contributed by atoms with E-state index >= 15 is 0 Å². The first-order valence-corrected chi connectivity index (χ1v) is 27.1. The van der Waals surface area contributed by atoms with Gasteiger partial charge < -0.3 is 52.2 Å². The van der Waals surface area contributed by atoms with E-state index in [9.17, 15) is 22.6 Å². The quantitative estimate of drug-likeness (QED) is 0.0460. The standard InChI is InChI=1S/C54H65NO15SSi.Na/c1-37(56)55-46-49(70-71(58,59)60)48(45(67-52(46)61-6)36-65-72(54(3,4)5,42-28-18-10-19-29-42)43-30-20-11-21-31-43)69-53-51(66-38(2)57)50(64-34-41-26-16-9-17-27-41)47(63-33-40-24-14-8-15-25-40)44(68-53)35-62-32-39-22-12-7-13-23-39;/h7-31,44-53H,32-36H2,1-6H3,(H,55,56)(H,58,59,60);/q;+1/p-1/t44-,45-,46-,47-,48-,49-,50+,51-,52+,53+;/m1./s1. The van der Waals surface area contributed by atoms with Gasteiger partial charge in [-0.05, 0) is 32.1 Å². The molecule has 0 unspecified atom stereocenters. The van der Waals surface area contributed by atoms with Crippen molar-refractivity contribution >= 4 is 41.0 Å². The molecule has 5 aromatic rings. The molecule has 2 fully saturated rings. The minimum atomic E-state index is -5.56. The average molecular weight is 1050 g/mol. The Balaban J connectivity index is 0.00000869. The number of carbonyl (C=O) groups is 2. The van der Waals surface area contributed by atoms with E-state index in [1.165, 1.54) is 21.0 Å². The van der Waals surface area contributed by atoms with Crippen molar-refractivity contribution in [1.29, 1.82) is 0 Å². The van der Waals surface area contributed by atoms with Gasteiger partial charge >= 0.3 is 35.5 Å². The van der Waals surface area contributed by atoms with Crippen molar-refractivity contribution in [3.8, 4) is 0 Å². The fourth-order valence-corrected chi connectivity index (χ4v) is 14.5. The largest absolute Gasteiger partial charge is 1.00 e. The van der Waals surface area contributed by atoms with E-state index < -0.39 is 97.0 Å². The normalized spacial score (nSPS) is 24.5. The molecule has 2 saturated heterocycles. The molecule has 0 bridgehead atoms. The van der Waals surface area contributed by atoms with Crippen molar-refractivity contribution < 1.29 is 98.6 Å². The molecular formula is C54H64NNaO15SSi. The molecule has 5 aromatic carbocycles. The molecule has 7 rings (SSSR count). The topological polar surface area (TPSA) is 196 Å². The van der Waals surface area contributed by atoms with Crippen LogP contribution < -0.4 is 45.2 Å². The first kappa shape index (κ1) is 58.1. The van der Waals surface area contributed by atoms with Crippen LogP contribution >= 0.6 is 0 Å². The van der Waals surface area contributed by atoms with E-state index in [4.69, 9.17) is 46.5 Å². The van der Waals surface area contributed by atoms with Gasteiger partial charge in [-0.15, -0.1) is 0 Å². The number of rotatable bonds is 22. The summed E-state index contributed by atoms with van der Waals surface area (Å²) in [6.07, 6.45) is -12.4. The summed E-state index contributed by atoms with van der Waals surface area (Å²) in [5.41, 5.74) is 2.52. The fourth-order valence-electron chi connectivity index (χ4n) is 9.40. The Morgan fingerprint density at radius 2 is 1.07 bits per heavy atom. The number of ether oxygens (including phenoxy) is 8. The van der Waals surface area contributed by atoms with Crippen molar-refractivity contribution in [3.05, 3.63) is 168 Å². The van der Waals surface area contributed by atoms with Crippen LogP contribution in [0.15, 0.2) is 152 Å². The molecule has 0 saturated carbocycles. The van der Waals surface area contributed by atoms with Gasteiger partial charge in [0.25, 0.3) is 8.32 Å². The maximum atomic E-state index is 13.3. The third-order valence-corrected chi connectivity index (χ3v) is 18.0. The maximum absolute atomic E-state index is 13.3. The fraction of sp³-hybridized carbons (Fsp3) is 0.407. The van der Waals surface area contributed by atoms with E-state index in [1.807, 2.05) is 152 Å². The SMILES string of the molecule is CO[C@H]1O[C@H](CO[Si](c2ccccc2)(c2ccccc2)C(C)(C)C)[C@@H](O[C@@H]2O[C@H](COCc3ccccc3)[C@@H](OCc3ccccc3)[C@H](OCc3ccccc3)[C@H]2OC(C)=O)[C@H](OS(=O)(=O)[O-])[C@H]1NC(C)=O.[Na+]. The first-order chi connectivity index (χ1) is 34.6. The van der Waals surface area contributed by atoms with Gasteiger partial charge in [-0.25, -0.2) is 8.42 Å².